The Morgan fingerprint density at radius 2 is 2.21 bits per heavy atom. The summed E-state index contributed by atoms with van der Waals surface area (Å²) in [6.45, 7) is 1.67. The lowest BCUT2D eigenvalue weighted by Crippen LogP contribution is -2.33. The number of amides is 1. The maximum Gasteiger partial charge on any atom is 0.303 e. The molecule has 1 amide bonds. The Labute approximate surface area is 136 Å². The first kappa shape index (κ1) is 17.1. The Kier molecular flexibility index (Phi) is 5.20. The van der Waals surface area contributed by atoms with Crippen LogP contribution in [0.3, 0.4) is 0 Å². The smallest absolute Gasteiger partial charge is 0.303 e. The van der Waals surface area contributed by atoms with Crippen molar-refractivity contribution in [1.82, 2.24) is 20.1 Å². The molecule has 2 aromatic rings. The molecule has 0 fully saturated rings. The van der Waals surface area contributed by atoms with E-state index in [0.29, 0.717) is 0 Å². The van der Waals surface area contributed by atoms with Gasteiger partial charge in [0.2, 0.25) is 0 Å². The lowest BCUT2D eigenvalue weighted by Gasteiger charge is -2.13. The van der Waals surface area contributed by atoms with Gasteiger partial charge >= 0.3 is 5.97 Å². The predicted molar refractivity (Wildman–Crippen MR) is 81.8 cm³/mol. The van der Waals surface area contributed by atoms with Gasteiger partial charge in [-0.15, -0.1) is 0 Å². The number of hydrogen-bond donors (Lipinski definition) is 2. The molecule has 1 unspecified atom stereocenters. The molecule has 10 heteroatoms. The van der Waals surface area contributed by atoms with Crippen LogP contribution in [-0.2, 0) is 4.79 Å². The summed E-state index contributed by atoms with van der Waals surface area (Å²) >= 11 is 0. The largest absolute Gasteiger partial charge is 0.481 e. The Hall–Kier alpha value is -3.30. The third-order valence-corrected chi connectivity index (χ3v) is 3.27. The molecule has 0 radical (unpaired) electrons. The van der Waals surface area contributed by atoms with Gasteiger partial charge in [-0.3, -0.25) is 19.7 Å². The fraction of sp³-hybridized carbons (Fsp3) is 0.286. The van der Waals surface area contributed by atoms with Crippen molar-refractivity contribution >= 4 is 17.6 Å². The molecule has 0 saturated heterocycles. The molecule has 0 spiro atoms. The Morgan fingerprint density at radius 3 is 2.79 bits per heavy atom. The van der Waals surface area contributed by atoms with E-state index in [4.69, 9.17) is 5.11 Å². The SMILES string of the molecule is CC(CCC(=O)O)NC(=O)c1ccc(-n2cncn2)c([N+](=O)[O-])c1. The topological polar surface area (TPSA) is 140 Å². The van der Waals surface area contributed by atoms with Crippen molar-refractivity contribution in [2.45, 2.75) is 25.8 Å². The number of aliphatic carboxylic acids is 1. The zero-order valence-electron chi connectivity index (χ0n) is 12.7. The van der Waals surface area contributed by atoms with Crippen LogP contribution in [0.15, 0.2) is 30.9 Å². The molecule has 0 aliphatic heterocycles. The molecule has 2 N–H and O–H groups in total. The summed E-state index contributed by atoms with van der Waals surface area (Å²) in [5.74, 6) is -1.47. The van der Waals surface area contributed by atoms with Crippen LogP contribution in [0.25, 0.3) is 5.69 Å². The van der Waals surface area contributed by atoms with Gasteiger partial charge in [0, 0.05) is 24.1 Å². The van der Waals surface area contributed by atoms with Gasteiger partial charge in [-0.25, -0.2) is 9.67 Å². The van der Waals surface area contributed by atoms with E-state index in [2.05, 4.69) is 15.4 Å². The number of nitrogens with one attached hydrogen (secondary N) is 1. The van der Waals surface area contributed by atoms with E-state index in [-0.39, 0.29) is 35.8 Å². The highest BCUT2D eigenvalue weighted by molar-refractivity contribution is 5.95. The van der Waals surface area contributed by atoms with Gasteiger partial charge in [-0.1, -0.05) is 0 Å². The molecule has 0 bridgehead atoms. The monoisotopic (exact) mass is 333 g/mol. The van der Waals surface area contributed by atoms with E-state index in [1.54, 1.807) is 6.92 Å². The number of nitrogens with zero attached hydrogens (tertiary/aromatic N) is 4. The van der Waals surface area contributed by atoms with Gasteiger partial charge in [0.05, 0.1) is 4.92 Å². The maximum atomic E-state index is 12.2. The van der Waals surface area contributed by atoms with Gasteiger partial charge in [-0.05, 0) is 25.5 Å². The summed E-state index contributed by atoms with van der Waals surface area (Å²) in [5, 5.41) is 26.3. The molecule has 0 aliphatic rings. The normalized spacial score (nSPS) is 11.7. The summed E-state index contributed by atoms with van der Waals surface area (Å²) in [4.78, 5) is 37.0. The molecular formula is C14H15N5O5. The van der Waals surface area contributed by atoms with Gasteiger partial charge in [0.15, 0.2) is 0 Å². The Morgan fingerprint density at radius 1 is 1.46 bits per heavy atom. The number of rotatable bonds is 7. The van der Waals surface area contributed by atoms with E-state index in [9.17, 15) is 19.7 Å². The fourth-order valence-corrected chi connectivity index (χ4v) is 2.06. The standard InChI is InChI=1S/C14H15N5O5/c1-9(2-5-13(20)21)17-14(22)10-3-4-11(12(6-10)19(23)24)18-8-15-7-16-18/h3-4,6-9H,2,5H2,1H3,(H,17,22)(H,20,21). The molecular weight excluding hydrogens is 318 g/mol. The number of nitro groups is 1. The molecule has 24 heavy (non-hydrogen) atoms. The maximum absolute atomic E-state index is 12.2. The fourth-order valence-electron chi connectivity index (χ4n) is 2.06. The first-order chi connectivity index (χ1) is 11.4. The Balaban J connectivity index is 2.19. The molecule has 2 rings (SSSR count). The zero-order valence-corrected chi connectivity index (χ0v) is 12.7. The van der Waals surface area contributed by atoms with Crippen LogP contribution >= 0.6 is 0 Å². The first-order valence-electron chi connectivity index (χ1n) is 7.04. The van der Waals surface area contributed by atoms with E-state index in [1.165, 1.54) is 29.5 Å². The number of nitro benzene ring substituents is 1. The molecule has 0 aliphatic carbocycles. The van der Waals surface area contributed by atoms with Crippen molar-refractivity contribution in [2.24, 2.45) is 0 Å². The zero-order chi connectivity index (χ0) is 17.7. The van der Waals surface area contributed by atoms with Crippen LogP contribution < -0.4 is 5.32 Å². The number of carbonyl (C=O) groups is 2. The molecule has 1 aromatic heterocycles. The van der Waals surface area contributed by atoms with E-state index < -0.39 is 16.8 Å². The van der Waals surface area contributed by atoms with Crippen LogP contribution in [0.4, 0.5) is 5.69 Å². The lowest BCUT2D eigenvalue weighted by atomic mass is 10.1. The number of carboxylic acids is 1. The van der Waals surface area contributed by atoms with Crippen molar-refractivity contribution < 1.29 is 19.6 Å². The van der Waals surface area contributed by atoms with Crippen LogP contribution in [0.1, 0.15) is 30.1 Å². The third kappa shape index (κ3) is 4.12. The van der Waals surface area contributed by atoms with Crippen LogP contribution in [0, 0.1) is 10.1 Å². The van der Waals surface area contributed by atoms with Crippen LogP contribution in [-0.4, -0.2) is 42.7 Å². The summed E-state index contributed by atoms with van der Waals surface area (Å²) in [7, 11) is 0. The number of carboxylic acid groups (broad SMARTS) is 1. The highest BCUT2D eigenvalue weighted by Crippen LogP contribution is 2.23. The first-order valence-corrected chi connectivity index (χ1v) is 7.04. The van der Waals surface area contributed by atoms with Crippen molar-refractivity contribution in [2.75, 3.05) is 0 Å². The van der Waals surface area contributed by atoms with Crippen molar-refractivity contribution in [1.29, 1.82) is 0 Å². The highest BCUT2D eigenvalue weighted by atomic mass is 16.6. The van der Waals surface area contributed by atoms with Crippen molar-refractivity contribution in [3.05, 3.63) is 46.5 Å². The van der Waals surface area contributed by atoms with E-state index in [0.717, 1.165) is 6.07 Å². The molecule has 10 nitrogen and oxygen atoms in total. The number of aromatic nitrogens is 3. The average molecular weight is 333 g/mol. The highest BCUT2D eigenvalue weighted by Gasteiger charge is 2.20. The van der Waals surface area contributed by atoms with Gasteiger partial charge in [0.25, 0.3) is 11.6 Å². The molecule has 126 valence electrons. The van der Waals surface area contributed by atoms with Gasteiger partial charge < -0.3 is 10.4 Å². The minimum absolute atomic E-state index is 0.0766. The van der Waals surface area contributed by atoms with Crippen molar-refractivity contribution in [3.63, 3.8) is 0 Å². The summed E-state index contributed by atoms with van der Waals surface area (Å²) in [6, 6.07) is 3.62. The Bertz CT molecular complexity index is 759. The average Bonchev–Trinajstić information content (AvgIpc) is 3.06. The van der Waals surface area contributed by atoms with Crippen LogP contribution in [0.5, 0.6) is 0 Å². The number of hydrogen-bond acceptors (Lipinski definition) is 6. The van der Waals surface area contributed by atoms with Gasteiger partial charge in [-0.2, -0.15) is 5.10 Å². The molecule has 0 saturated carbocycles. The number of carbonyl (C=O) groups excluding carboxylic acids is 1. The van der Waals surface area contributed by atoms with Crippen molar-refractivity contribution in [3.8, 4) is 5.69 Å². The van der Waals surface area contributed by atoms with Crippen LogP contribution in [0.2, 0.25) is 0 Å². The summed E-state index contributed by atoms with van der Waals surface area (Å²) < 4.78 is 1.23. The second-order valence-electron chi connectivity index (χ2n) is 5.11. The number of benzene rings is 1. The minimum atomic E-state index is -0.955. The predicted octanol–water partition coefficient (Wildman–Crippen LogP) is 1.16. The van der Waals surface area contributed by atoms with Gasteiger partial charge in [0.1, 0.15) is 18.3 Å². The van der Waals surface area contributed by atoms with E-state index >= 15 is 0 Å². The molecule has 1 atom stereocenters. The summed E-state index contributed by atoms with van der Waals surface area (Å²) in [6.07, 6.45) is 2.75. The third-order valence-electron chi connectivity index (χ3n) is 3.27. The molecule has 1 heterocycles. The summed E-state index contributed by atoms with van der Waals surface area (Å²) in [5.41, 5.74) is 0.00653. The minimum Gasteiger partial charge on any atom is -0.481 e. The second kappa shape index (κ2) is 7.31. The second-order valence-corrected chi connectivity index (χ2v) is 5.11. The lowest BCUT2D eigenvalue weighted by molar-refractivity contribution is -0.384. The quantitative estimate of drug-likeness (QED) is 0.572. The molecule has 1 aromatic carbocycles. The van der Waals surface area contributed by atoms with E-state index in [1.807, 2.05) is 0 Å².